The minimum atomic E-state index is -1.18. The number of rotatable bonds is 2. The van der Waals surface area contributed by atoms with E-state index in [1.807, 2.05) is 12.1 Å². The quantitative estimate of drug-likeness (QED) is 0.767. The van der Waals surface area contributed by atoms with Gasteiger partial charge in [-0.25, -0.2) is 0 Å². The molecule has 0 amide bonds. The van der Waals surface area contributed by atoms with Crippen molar-refractivity contribution in [1.82, 2.24) is 4.23 Å². The Bertz CT molecular complexity index is 456. The Balaban J connectivity index is 2.19. The molecular formula is C14H22N2Si2. The minimum absolute atomic E-state index is 0.758. The third-order valence-corrected chi connectivity index (χ3v) is 14.6. The molecule has 0 aromatic heterocycles. The molecule has 1 aromatic carbocycles. The van der Waals surface area contributed by atoms with Gasteiger partial charge in [-0.1, -0.05) is 38.3 Å². The Kier molecular flexibility index (Phi) is 3.50. The molecule has 1 aromatic rings. The molecule has 0 radical (unpaired) electrons. The lowest BCUT2D eigenvalue weighted by Crippen LogP contribution is -2.54. The Labute approximate surface area is 112 Å². The van der Waals surface area contributed by atoms with Crippen LogP contribution in [0.4, 0.5) is 0 Å². The van der Waals surface area contributed by atoms with Crippen molar-refractivity contribution >= 4 is 16.5 Å². The van der Waals surface area contributed by atoms with E-state index in [4.69, 9.17) is 5.26 Å². The first kappa shape index (κ1) is 13.5. The van der Waals surface area contributed by atoms with Crippen LogP contribution in [0, 0.1) is 11.3 Å². The molecule has 1 aliphatic rings. The van der Waals surface area contributed by atoms with Crippen molar-refractivity contribution in [3.63, 3.8) is 0 Å². The zero-order valence-electron chi connectivity index (χ0n) is 11.8. The molecule has 1 aliphatic heterocycles. The lowest BCUT2D eigenvalue weighted by atomic mass is 10.1. The van der Waals surface area contributed by atoms with E-state index in [9.17, 15) is 0 Å². The largest absolute Gasteiger partial charge is 0.342 e. The predicted molar refractivity (Wildman–Crippen MR) is 81.3 cm³/mol. The Morgan fingerprint density at radius 1 is 1.06 bits per heavy atom. The zero-order chi connectivity index (χ0) is 13.4. The third kappa shape index (κ3) is 2.58. The average Bonchev–Trinajstić information content (AvgIpc) is 2.53. The molecule has 1 saturated heterocycles. The van der Waals surface area contributed by atoms with Crippen LogP contribution in [-0.2, 0) is 6.54 Å². The van der Waals surface area contributed by atoms with Gasteiger partial charge in [0.15, 0.2) is 0 Å². The van der Waals surface area contributed by atoms with E-state index in [0.29, 0.717) is 0 Å². The Morgan fingerprint density at radius 3 is 2.00 bits per heavy atom. The summed E-state index contributed by atoms with van der Waals surface area (Å²) in [5.41, 5.74) is 2.12. The fourth-order valence-electron chi connectivity index (χ4n) is 3.00. The molecule has 96 valence electrons. The third-order valence-electron chi connectivity index (χ3n) is 4.23. The molecule has 1 fully saturated rings. The highest BCUT2D eigenvalue weighted by atomic mass is 28.4. The smallest absolute Gasteiger partial charge is 0.115 e. The van der Waals surface area contributed by atoms with Crippen LogP contribution >= 0.6 is 0 Å². The van der Waals surface area contributed by atoms with Gasteiger partial charge in [-0.15, -0.1) is 0 Å². The molecule has 0 spiro atoms. The highest BCUT2D eigenvalue weighted by Gasteiger charge is 2.46. The maximum absolute atomic E-state index is 8.83. The number of benzene rings is 1. The molecule has 0 bridgehead atoms. The molecule has 2 nitrogen and oxygen atoms in total. The van der Waals surface area contributed by atoms with Gasteiger partial charge < -0.3 is 4.23 Å². The Morgan fingerprint density at radius 2 is 1.56 bits per heavy atom. The molecule has 0 N–H and O–H groups in total. The fourth-order valence-corrected chi connectivity index (χ4v) is 16.9. The number of hydrogen-bond donors (Lipinski definition) is 0. The van der Waals surface area contributed by atoms with Crippen molar-refractivity contribution in [1.29, 1.82) is 5.26 Å². The van der Waals surface area contributed by atoms with E-state index in [-0.39, 0.29) is 0 Å². The van der Waals surface area contributed by atoms with E-state index in [1.165, 1.54) is 17.7 Å². The number of nitrogens with zero attached hydrogens (tertiary/aromatic N) is 2. The number of nitriles is 1. The van der Waals surface area contributed by atoms with Gasteiger partial charge in [0.25, 0.3) is 0 Å². The molecule has 2 rings (SSSR count). The van der Waals surface area contributed by atoms with Gasteiger partial charge in [0.05, 0.1) is 11.6 Å². The monoisotopic (exact) mass is 274 g/mol. The van der Waals surface area contributed by atoms with Gasteiger partial charge in [-0.05, 0) is 29.8 Å². The highest BCUT2D eigenvalue weighted by Crippen LogP contribution is 2.37. The summed E-state index contributed by atoms with van der Waals surface area (Å²) in [4.78, 5) is 0. The van der Waals surface area contributed by atoms with E-state index in [0.717, 1.165) is 12.1 Å². The number of hydrogen-bond acceptors (Lipinski definition) is 2. The maximum Gasteiger partial charge on any atom is 0.115 e. The predicted octanol–water partition coefficient (Wildman–Crippen LogP) is 3.78. The van der Waals surface area contributed by atoms with Crippen molar-refractivity contribution in [2.75, 3.05) is 0 Å². The van der Waals surface area contributed by atoms with E-state index in [1.54, 1.807) is 0 Å². The first-order chi connectivity index (χ1) is 8.35. The van der Waals surface area contributed by atoms with Gasteiger partial charge >= 0.3 is 0 Å². The van der Waals surface area contributed by atoms with E-state index < -0.39 is 16.5 Å². The minimum Gasteiger partial charge on any atom is -0.342 e. The summed E-state index contributed by atoms with van der Waals surface area (Å²) in [6, 6.07) is 13.2. The van der Waals surface area contributed by atoms with Crippen LogP contribution in [0.2, 0.25) is 38.3 Å². The SMILES string of the molecule is C[Si]1(C)CC[Si](C)(C)N1Cc1ccc(C#N)cc1. The van der Waals surface area contributed by atoms with Crippen molar-refractivity contribution in [3.05, 3.63) is 35.4 Å². The second-order valence-electron chi connectivity index (χ2n) is 6.52. The Hall–Kier alpha value is -0.896. The lowest BCUT2D eigenvalue weighted by Gasteiger charge is -2.39. The fraction of sp³-hybridized carbons (Fsp3) is 0.500. The maximum atomic E-state index is 8.83. The zero-order valence-corrected chi connectivity index (χ0v) is 13.8. The summed E-state index contributed by atoms with van der Waals surface area (Å²) in [7, 11) is -2.36. The molecule has 0 unspecified atom stereocenters. The molecule has 4 heteroatoms. The molecule has 0 saturated carbocycles. The van der Waals surface area contributed by atoms with Crippen LogP contribution in [0.3, 0.4) is 0 Å². The van der Waals surface area contributed by atoms with Crippen molar-refractivity contribution in [2.24, 2.45) is 0 Å². The van der Waals surface area contributed by atoms with Gasteiger partial charge in [-0.2, -0.15) is 5.26 Å². The van der Waals surface area contributed by atoms with E-state index in [2.05, 4.69) is 48.6 Å². The van der Waals surface area contributed by atoms with Crippen molar-refractivity contribution in [2.45, 2.75) is 44.8 Å². The van der Waals surface area contributed by atoms with Crippen molar-refractivity contribution < 1.29 is 0 Å². The summed E-state index contributed by atoms with van der Waals surface area (Å²) in [6.45, 7) is 11.1. The summed E-state index contributed by atoms with van der Waals surface area (Å²) >= 11 is 0. The van der Waals surface area contributed by atoms with Crippen molar-refractivity contribution in [3.8, 4) is 6.07 Å². The summed E-state index contributed by atoms with van der Waals surface area (Å²) < 4.78 is 2.86. The highest BCUT2D eigenvalue weighted by molar-refractivity contribution is 6.95. The second kappa shape index (κ2) is 4.65. The van der Waals surface area contributed by atoms with Crippen LogP contribution in [0.15, 0.2) is 24.3 Å². The first-order valence-electron chi connectivity index (χ1n) is 6.62. The topological polar surface area (TPSA) is 27.0 Å². The van der Waals surface area contributed by atoms with Gasteiger partial charge in [0.1, 0.15) is 16.5 Å². The van der Waals surface area contributed by atoms with Crippen LogP contribution in [0.5, 0.6) is 0 Å². The van der Waals surface area contributed by atoms with E-state index >= 15 is 0 Å². The molecular weight excluding hydrogens is 252 g/mol. The average molecular weight is 275 g/mol. The lowest BCUT2D eigenvalue weighted by molar-refractivity contribution is 0.624. The summed E-state index contributed by atoms with van der Waals surface area (Å²) in [5, 5.41) is 8.83. The van der Waals surface area contributed by atoms with Crippen LogP contribution in [0.25, 0.3) is 0 Å². The normalized spacial score (nSPS) is 21.7. The van der Waals surface area contributed by atoms with Gasteiger partial charge in [-0.3, -0.25) is 0 Å². The molecule has 0 aliphatic carbocycles. The molecule has 0 atom stereocenters. The summed E-state index contributed by atoms with van der Waals surface area (Å²) in [6.07, 6.45) is 0. The van der Waals surface area contributed by atoms with Crippen LogP contribution in [0.1, 0.15) is 11.1 Å². The summed E-state index contributed by atoms with van der Waals surface area (Å²) in [5.74, 6) is 0. The van der Waals surface area contributed by atoms with Gasteiger partial charge in [0, 0.05) is 6.54 Å². The second-order valence-corrected chi connectivity index (χ2v) is 16.3. The molecule has 18 heavy (non-hydrogen) atoms. The van der Waals surface area contributed by atoms with Gasteiger partial charge in [0.2, 0.25) is 0 Å². The van der Waals surface area contributed by atoms with Crippen LogP contribution < -0.4 is 0 Å². The molecule has 1 heterocycles. The standard InChI is InChI=1S/C14H22N2Si2/c1-17(2)9-10-18(3,4)16(17)12-14-7-5-13(11-15)6-8-14/h5-8H,9-10,12H2,1-4H3. The first-order valence-corrected chi connectivity index (χ1v) is 12.9. The van der Waals surface area contributed by atoms with Crippen LogP contribution in [-0.4, -0.2) is 20.7 Å².